The normalized spacial score (nSPS) is 43.9. The van der Waals surface area contributed by atoms with Gasteiger partial charge in [0.1, 0.15) is 9.84 Å². The fourth-order valence-corrected chi connectivity index (χ4v) is 5.55. The fourth-order valence-electron chi connectivity index (χ4n) is 4.38. The van der Waals surface area contributed by atoms with E-state index in [1.165, 1.54) is 19.1 Å². The van der Waals surface area contributed by atoms with Gasteiger partial charge in [0.05, 0.1) is 10.9 Å². The molecule has 0 amide bonds. The lowest BCUT2D eigenvalue weighted by molar-refractivity contribution is -0.0236. The molecule has 3 aliphatic rings. The van der Waals surface area contributed by atoms with E-state index in [2.05, 4.69) is 11.8 Å². The van der Waals surface area contributed by atoms with Crippen molar-refractivity contribution in [1.82, 2.24) is 4.90 Å². The second-order valence-corrected chi connectivity index (χ2v) is 9.70. The largest absolute Gasteiger partial charge is 0.388 e. The predicted molar refractivity (Wildman–Crippen MR) is 79.3 cm³/mol. The monoisotopic (exact) mass is 301 g/mol. The predicted octanol–water partition coefficient (Wildman–Crippen LogP) is 1.58. The summed E-state index contributed by atoms with van der Waals surface area (Å²) in [5.41, 5.74) is -0.661. The molecular weight excluding hydrogens is 274 g/mol. The van der Waals surface area contributed by atoms with Crippen LogP contribution in [-0.2, 0) is 9.84 Å². The number of sulfone groups is 1. The van der Waals surface area contributed by atoms with Crippen molar-refractivity contribution in [3.63, 3.8) is 0 Å². The van der Waals surface area contributed by atoms with E-state index in [1.807, 2.05) is 0 Å². The molecule has 1 aliphatic heterocycles. The molecule has 3 rings (SSSR count). The minimum Gasteiger partial charge on any atom is -0.388 e. The van der Waals surface area contributed by atoms with Gasteiger partial charge in [-0.15, -0.1) is 0 Å². The first-order valence-electron chi connectivity index (χ1n) is 7.96. The average molecular weight is 301 g/mol. The Balaban J connectivity index is 1.71. The van der Waals surface area contributed by atoms with Crippen LogP contribution in [0, 0.1) is 5.92 Å². The van der Waals surface area contributed by atoms with E-state index < -0.39 is 15.4 Å². The summed E-state index contributed by atoms with van der Waals surface area (Å²) >= 11 is 0. The smallest absolute Gasteiger partial charge is 0.150 e. The topological polar surface area (TPSA) is 57.6 Å². The third kappa shape index (κ3) is 2.77. The fraction of sp³-hybridized carbons (Fsp3) is 1.00. The summed E-state index contributed by atoms with van der Waals surface area (Å²) in [4.78, 5) is 2.45. The molecule has 5 heteroatoms. The molecule has 4 atom stereocenters. The lowest BCUT2D eigenvalue weighted by atomic mass is 9.75. The Kier molecular flexibility index (Phi) is 3.67. The summed E-state index contributed by atoms with van der Waals surface area (Å²) in [5, 5.41) is 10.8. The first-order valence-corrected chi connectivity index (χ1v) is 9.92. The van der Waals surface area contributed by atoms with Crippen molar-refractivity contribution < 1.29 is 13.5 Å². The molecule has 1 heterocycles. The maximum absolute atomic E-state index is 11.8. The lowest BCUT2D eigenvalue weighted by Crippen LogP contribution is -2.45. The van der Waals surface area contributed by atoms with Crippen molar-refractivity contribution in [1.29, 1.82) is 0 Å². The number of β-amino-alcohol motifs (C(OH)–C–C–N with tert-alkyl or cyclic N) is 1. The van der Waals surface area contributed by atoms with Gasteiger partial charge >= 0.3 is 0 Å². The molecule has 0 aromatic heterocycles. The molecule has 2 aliphatic carbocycles. The summed E-state index contributed by atoms with van der Waals surface area (Å²) in [6.07, 6.45) is 8.01. The zero-order valence-electron chi connectivity index (χ0n) is 12.6. The van der Waals surface area contributed by atoms with Gasteiger partial charge in [-0.2, -0.15) is 0 Å². The van der Waals surface area contributed by atoms with Crippen LogP contribution in [0.5, 0.6) is 0 Å². The Hall–Kier alpha value is -0.130. The van der Waals surface area contributed by atoms with E-state index in [0.717, 1.165) is 32.2 Å². The van der Waals surface area contributed by atoms with Crippen molar-refractivity contribution >= 4 is 9.84 Å². The van der Waals surface area contributed by atoms with Crippen LogP contribution in [0.1, 0.15) is 51.9 Å². The Bertz CT molecular complexity index is 474. The van der Waals surface area contributed by atoms with Crippen LogP contribution in [0.3, 0.4) is 0 Å². The second kappa shape index (κ2) is 4.96. The van der Waals surface area contributed by atoms with Gasteiger partial charge in [0.15, 0.2) is 0 Å². The third-order valence-corrected chi connectivity index (χ3v) is 7.32. The van der Waals surface area contributed by atoms with Gasteiger partial charge in [-0.1, -0.05) is 6.42 Å². The molecule has 0 spiro atoms. The van der Waals surface area contributed by atoms with E-state index in [1.54, 1.807) is 0 Å². The van der Waals surface area contributed by atoms with Crippen LogP contribution in [0.25, 0.3) is 0 Å². The van der Waals surface area contributed by atoms with Crippen LogP contribution in [0.15, 0.2) is 0 Å². The number of likely N-dealkylation sites (tertiary alicyclic amines) is 1. The minimum absolute atomic E-state index is 0.155. The maximum Gasteiger partial charge on any atom is 0.150 e. The third-order valence-electron chi connectivity index (χ3n) is 5.68. The summed E-state index contributed by atoms with van der Waals surface area (Å²) < 4.78 is 23.6. The molecule has 3 fully saturated rings. The first kappa shape index (κ1) is 14.8. The van der Waals surface area contributed by atoms with Crippen molar-refractivity contribution in [3.05, 3.63) is 0 Å². The van der Waals surface area contributed by atoms with Crippen molar-refractivity contribution in [3.8, 4) is 0 Å². The van der Waals surface area contributed by atoms with Gasteiger partial charge in [-0.3, -0.25) is 4.90 Å². The molecule has 0 bridgehead atoms. The van der Waals surface area contributed by atoms with Gasteiger partial charge in [0.25, 0.3) is 0 Å². The molecule has 0 aromatic carbocycles. The highest BCUT2D eigenvalue weighted by atomic mass is 32.2. The zero-order chi connectivity index (χ0) is 14.5. The second-order valence-electron chi connectivity index (χ2n) is 7.38. The van der Waals surface area contributed by atoms with E-state index in [0.29, 0.717) is 18.5 Å². The summed E-state index contributed by atoms with van der Waals surface area (Å²) in [5.74, 6) is 0.155. The summed E-state index contributed by atoms with van der Waals surface area (Å²) in [7, 11) is -2.97. The first-order chi connectivity index (χ1) is 9.29. The molecular formula is C15H27NO3S. The van der Waals surface area contributed by atoms with Crippen molar-refractivity contribution in [2.75, 3.05) is 12.8 Å². The Morgan fingerprint density at radius 1 is 1.20 bits per heavy atom. The van der Waals surface area contributed by atoms with E-state index in [9.17, 15) is 13.5 Å². The Morgan fingerprint density at radius 3 is 2.50 bits per heavy atom. The SMILES string of the molecule is CC1CC(O)(C2CCCC(S(C)(=O)=O)C2)CN1C1CC1. The van der Waals surface area contributed by atoms with Crippen molar-refractivity contribution in [2.24, 2.45) is 5.92 Å². The number of nitrogens with zero attached hydrogens (tertiary/aromatic N) is 1. The Morgan fingerprint density at radius 2 is 1.90 bits per heavy atom. The molecule has 20 heavy (non-hydrogen) atoms. The van der Waals surface area contributed by atoms with Crippen LogP contribution >= 0.6 is 0 Å². The zero-order valence-corrected chi connectivity index (χ0v) is 13.4. The van der Waals surface area contributed by atoms with E-state index in [-0.39, 0.29) is 11.2 Å². The van der Waals surface area contributed by atoms with Crippen LogP contribution in [0.2, 0.25) is 0 Å². The van der Waals surface area contributed by atoms with E-state index in [4.69, 9.17) is 0 Å². The molecule has 1 saturated heterocycles. The van der Waals surface area contributed by atoms with Gasteiger partial charge in [0.2, 0.25) is 0 Å². The number of hydrogen-bond donors (Lipinski definition) is 1. The highest BCUT2D eigenvalue weighted by molar-refractivity contribution is 7.91. The number of rotatable bonds is 3. The molecule has 116 valence electrons. The van der Waals surface area contributed by atoms with Gasteiger partial charge in [0, 0.05) is 24.9 Å². The molecule has 4 nitrogen and oxygen atoms in total. The van der Waals surface area contributed by atoms with Crippen LogP contribution in [0.4, 0.5) is 0 Å². The van der Waals surface area contributed by atoms with E-state index >= 15 is 0 Å². The van der Waals surface area contributed by atoms with Gasteiger partial charge in [-0.25, -0.2) is 8.42 Å². The highest BCUT2D eigenvalue weighted by Crippen LogP contribution is 2.45. The molecule has 0 aromatic rings. The van der Waals surface area contributed by atoms with Gasteiger partial charge in [-0.05, 0) is 51.4 Å². The molecule has 1 N–H and O–H groups in total. The van der Waals surface area contributed by atoms with Crippen LogP contribution in [-0.4, -0.2) is 54.2 Å². The number of hydrogen-bond acceptors (Lipinski definition) is 4. The lowest BCUT2D eigenvalue weighted by Gasteiger charge is -2.38. The molecule has 4 unspecified atom stereocenters. The maximum atomic E-state index is 11.8. The van der Waals surface area contributed by atoms with Crippen molar-refractivity contribution in [2.45, 2.75) is 74.8 Å². The standard InChI is InChI=1S/C15H27NO3S/c1-11-9-15(17,10-16(11)13-6-7-13)12-4-3-5-14(8-12)20(2,18)19/h11-14,17H,3-10H2,1-2H3. The number of aliphatic hydroxyl groups is 1. The Labute approximate surface area is 122 Å². The summed E-state index contributed by atoms with van der Waals surface area (Å²) in [6, 6.07) is 1.11. The van der Waals surface area contributed by atoms with Gasteiger partial charge < -0.3 is 5.11 Å². The quantitative estimate of drug-likeness (QED) is 0.860. The molecule has 0 radical (unpaired) electrons. The minimum atomic E-state index is -2.97. The average Bonchev–Trinajstić information content (AvgIpc) is 3.15. The summed E-state index contributed by atoms with van der Waals surface area (Å²) in [6.45, 7) is 2.95. The van der Waals surface area contributed by atoms with Crippen LogP contribution < -0.4 is 0 Å². The molecule has 2 saturated carbocycles. The highest BCUT2D eigenvalue weighted by Gasteiger charge is 2.51.